The Labute approximate surface area is 557 Å². The molecule has 518 valence electrons. The number of aryl methyl sites for hydroxylation is 2. The number of terminal acetylenes is 1. The highest BCUT2D eigenvalue weighted by molar-refractivity contribution is 8.00. The van der Waals surface area contributed by atoms with Gasteiger partial charge in [0.05, 0.1) is 55.2 Å². The van der Waals surface area contributed by atoms with Crippen molar-refractivity contribution in [2.75, 3.05) is 150 Å². The largest absolute Gasteiger partial charge is 0.494 e. The van der Waals surface area contributed by atoms with Gasteiger partial charge in [-0.3, -0.25) is 82.3 Å². The molecule has 1 aromatic heterocycles. The zero-order chi connectivity index (χ0) is 68.1. The van der Waals surface area contributed by atoms with Crippen LogP contribution < -0.4 is 20.7 Å². The van der Waals surface area contributed by atoms with Gasteiger partial charge in [0.25, 0.3) is 24.8 Å². The van der Waals surface area contributed by atoms with E-state index in [1.54, 1.807) is 28.0 Å². The Bertz CT molecular complexity index is 3120. The third-order valence-corrected chi connectivity index (χ3v) is 18.6. The van der Waals surface area contributed by atoms with Crippen LogP contribution in [0.4, 0.5) is 8.78 Å². The van der Waals surface area contributed by atoms with E-state index in [0.29, 0.717) is 179 Å². The lowest BCUT2D eigenvalue weighted by Crippen LogP contribution is -2.50. The number of hydrogen-bond donors (Lipinski definition) is 4. The van der Waals surface area contributed by atoms with Crippen LogP contribution in [0.1, 0.15) is 85.7 Å². The number of carboxylic acid groups (broad SMARTS) is 1. The number of carbonyl (C=O) groups excluding carboxylic acids is 9. The second kappa shape index (κ2) is 38.6. The number of rotatable bonds is 35. The van der Waals surface area contributed by atoms with E-state index < -0.39 is 60.6 Å². The van der Waals surface area contributed by atoms with Gasteiger partial charge in [0.15, 0.2) is 0 Å². The van der Waals surface area contributed by atoms with Crippen molar-refractivity contribution in [3.05, 3.63) is 71.4 Å². The van der Waals surface area contributed by atoms with E-state index >= 15 is 0 Å². The molecule has 4 fully saturated rings. The number of hydrogen-bond acceptors (Lipinski definition) is 20. The minimum atomic E-state index is -3.10. The number of imide groups is 1. The maximum Gasteiger partial charge on any atom is 0.317 e. The Hall–Kier alpha value is -7.88. The molecule has 0 spiro atoms. The summed E-state index contributed by atoms with van der Waals surface area (Å²) in [5.41, 5.74) is 3.08. The normalized spacial score (nSPS) is 19.1. The molecule has 7 rings (SSSR count). The van der Waals surface area contributed by atoms with Gasteiger partial charge in [0.2, 0.25) is 35.4 Å². The first-order valence-corrected chi connectivity index (χ1v) is 33.6. The highest BCUT2D eigenvalue weighted by Crippen LogP contribution is 2.32. The summed E-state index contributed by atoms with van der Waals surface area (Å²) in [6, 6.07) is 13.4. The summed E-state index contributed by atoms with van der Waals surface area (Å²) < 4.78 is 44.1. The van der Waals surface area contributed by atoms with Crippen molar-refractivity contribution in [1.29, 1.82) is 0 Å². The Morgan fingerprint density at radius 2 is 1.43 bits per heavy atom. The number of ether oxygens (including phenoxy) is 3. The first kappa shape index (κ1) is 74.5. The Morgan fingerprint density at radius 3 is 2.09 bits per heavy atom. The third kappa shape index (κ3) is 25.0. The molecule has 2 unspecified atom stereocenters. The monoisotopic (exact) mass is 1340 g/mol. The van der Waals surface area contributed by atoms with Crippen molar-refractivity contribution in [3.8, 4) is 18.1 Å². The molecule has 26 nitrogen and oxygen atoms in total. The van der Waals surface area contributed by atoms with Gasteiger partial charge in [-0.25, -0.2) is 8.78 Å². The molecular formula is C66H90F2N12O14S. The molecule has 4 N–H and O–H groups in total. The Balaban J connectivity index is 0.849. The van der Waals surface area contributed by atoms with Gasteiger partial charge in [-0.05, 0) is 81.7 Å². The number of nitrogens with one attached hydrogen (secondary N) is 3. The number of carboxylic acids is 1. The summed E-state index contributed by atoms with van der Waals surface area (Å²) in [4.78, 5) is 146. The maximum absolute atomic E-state index is 14.1. The number of likely N-dealkylation sites (tertiary alicyclic amines) is 2. The number of thioether (sulfide) groups is 1. The van der Waals surface area contributed by atoms with Crippen LogP contribution >= 0.6 is 11.8 Å². The molecule has 4 saturated heterocycles. The summed E-state index contributed by atoms with van der Waals surface area (Å²) in [5.74, 6) is -3.50. The quantitative estimate of drug-likeness (QED) is 0.0284. The Morgan fingerprint density at radius 1 is 0.768 bits per heavy atom. The smallest absolute Gasteiger partial charge is 0.317 e. The van der Waals surface area contributed by atoms with E-state index in [2.05, 4.69) is 56.0 Å². The maximum atomic E-state index is 14.1. The van der Waals surface area contributed by atoms with E-state index in [9.17, 15) is 61.8 Å². The van der Waals surface area contributed by atoms with Gasteiger partial charge in [0, 0.05) is 147 Å². The first-order chi connectivity index (χ1) is 45.8. The molecule has 4 aliphatic rings. The SMILES string of the molecule is C#C[C@H]1CC(F)(F)CN1C(=O)CNC(=O)c1ccnc2ccc(OCCCN3CCN(C(=O)CCCN4C(=O)CC(SCC(CCCCNC(=O)CCCc5ccc(C)cc5)NC(=O)CN5CCN(COC=O)CCN(COC=O)CCN(CC(=O)O)CC5)C4=O)CC3)cc12. The molecule has 5 heterocycles. The van der Waals surface area contributed by atoms with Gasteiger partial charge in [-0.2, -0.15) is 0 Å². The number of halogens is 2. The molecule has 0 bridgehead atoms. The number of piperazine rings is 1. The average Bonchev–Trinajstić information content (AvgIpc) is 1.67. The molecule has 3 aromatic rings. The lowest BCUT2D eigenvalue weighted by molar-refractivity contribution is -0.140. The third-order valence-electron chi connectivity index (χ3n) is 17.2. The van der Waals surface area contributed by atoms with Gasteiger partial charge >= 0.3 is 5.97 Å². The van der Waals surface area contributed by atoms with E-state index in [1.165, 1.54) is 40.1 Å². The highest BCUT2D eigenvalue weighted by atomic mass is 32.2. The fourth-order valence-electron chi connectivity index (χ4n) is 11.8. The van der Waals surface area contributed by atoms with Crippen molar-refractivity contribution in [1.82, 2.24) is 60.1 Å². The minimum Gasteiger partial charge on any atom is -0.494 e. The highest BCUT2D eigenvalue weighted by Gasteiger charge is 2.46. The van der Waals surface area contributed by atoms with Crippen LogP contribution in [-0.2, 0) is 59.0 Å². The van der Waals surface area contributed by atoms with Crippen molar-refractivity contribution in [2.24, 2.45) is 0 Å². The molecular weight excluding hydrogens is 1250 g/mol. The standard InChI is InChI=1S/C66H90F2N12O14S/c1-3-52-39-66(67,68)44-80(52)62(87)40-71-64(90)54-19-21-69-56-18-17-53(37-55(54)56)94-36-8-22-73-32-34-78(35-33-73)60(85)12-7-23-79-61(86)38-57(65(79)91)95-43-51(10-4-5-20-70-58(83)11-6-9-50-15-13-49(2)14-16-50)72-59(84)41-74-24-25-75(42-63(88)89)27-29-77(46-93-48-82)31-30-76(28-26-74)45-92-47-81/h1,13-19,21,37,47-48,51-52,57H,4-12,20,22-36,38-46H2,2H3,(H,70,83)(H,71,90)(H,72,84)(H,88,89)/t51?,52-,57?/m0/s1. The lowest BCUT2D eigenvalue weighted by Gasteiger charge is -2.34. The van der Waals surface area contributed by atoms with Crippen LogP contribution in [0.2, 0.25) is 0 Å². The molecule has 0 saturated carbocycles. The second-order valence-electron chi connectivity index (χ2n) is 24.3. The molecule has 2 aromatic carbocycles. The average molecular weight is 1350 g/mol. The van der Waals surface area contributed by atoms with Gasteiger partial charge in [-0.15, -0.1) is 18.2 Å². The van der Waals surface area contributed by atoms with Crippen LogP contribution in [0.3, 0.4) is 0 Å². The summed E-state index contributed by atoms with van der Waals surface area (Å²) in [6.07, 6.45) is 10.9. The van der Waals surface area contributed by atoms with E-state index in [1.807, 2.05) is 21.6 Å². The van der Waals surface area contributed by atoms with Gasteiger partial charge in [-0.1, -0.05) is 35.7 Å². The van der Waals surface area contributed by atoms with Crippen LogP contribution in [0, 0.1) is 19.3 Å². The van der Waals surface area contributed by atoms with E-state index in [0.717, 1.165) is 11.3 Å². The number of unbranched alkanes of at least 4 members (excludes halogenated alkanes) is 1. The summed E-state index contributed by atoms with van der Waals surface area (Å²) >= 11 is 1.30. The van der Waals surface area contributed by atoms with Crippen molar-refractivity contribution in [2.45, 2.75) is 101 Å². The lowest BCUT2D eigenvalue weighted by atomic mass is 10.1. The summed E-state index contributed by atoms with van der Waals surface area (Å²) in [6.45, 7) is 7.83. The Kier molecular flexibility index (Phi) is 30.3. The van der Waals surface area contributed by atoms with E-state index in [4.69, 9.17) is 20.6 Å². The van der Waals surface area contributed by atoms with Gasteiger partial charge < -0.3 is 45.1 Å². The number of carbonyl (C=O) groups is 10. The number of fused-ring (bicyclic) bond motifs is 1. The number of pyridine rings is 1. The second-order valence-corrected chi connectivity index (χ2v) is 25.6. The number of amides is 7. The van der Waals surface area contributed by atoms with Crippen molar-refractivity contribution < 1.29 is 76.0 Å². The molecule has 4 aliphatic heterocycles. The molecule has 3 atom stereocenters. The van der Waals surface area contributed by atoms with Crippen molar-refractivity contribution in [3.63, 3.8) is 0 Å². The van der Waals surface area contributed by atoms with Crippen LogP contribution in [0.5, 0.6) is 5.75 Å². The van der Waals surface area contributed by atoms with Crippen LogP contribution in [0.25, 0.3) is 10.9 Å². The van der Waals surface area contributed by atoms with Gasteiger partial charge in [0.1, 0.15) is 19.2 Å². The molecule has 95 heavy (non-hydrogen) atoms. The first-order valence-electron chi connectivity index (χ1n) is 32.5. The summed E-state index contributed by atoms with van der Waals surface area (Å²) in [7, 11) is 0. The van der Waals surface area contributed by atoms with E-state index in [-0.39, 0.29) is 81.0 Å². The predicted octanol–water partition coefficient (Wildman–Crippen LogP) is 2.06. The van der Waals surface area contributed by atoms with Crippen LogP contribution in [-0.4, -0.2) is 283 Å². The number of alkyl halides is 2. The molecule has 0 aliphatic carbocycles. The number of benzene rings is 2. The number of aromatic nitrogens is 1. The molecule has 7 amide bonds. The molecule has 29 heteroatoms. The zero-order valence-corrected chi connectivity index (χ0v) is 55.0. The topological polar surface area (TPSA) is 294 Å². The fourth-order valence-corrected chi connectivity index (χ4v) is 13.1. The zero-order valence-electron chi connectivity index (χ0n) is 54.1. The minimum absolute atomic E-state index is 0.00622. The number of aliphatic carboxylic acids is 1. The predicted molar refractivity (Wildman–Crippen MR) is 349 cm³/mol. The molecule has 0 radical (unpaired) electrons. The number of nitrogens with zero attached hydrogens (tertiary/aromatic N) is 9. The summed E-state index contributed by atoms with van der Waals surface area (Å²) in [5, 5.41) is 18.2. The van der Waals surface area contributed by atoms with Crippen LogP contribution in [0.15, 0.2) is 54.7 Å². The fraction of sp³-hybridized carbons (Fsp3) is 0.591. The van der Waals surface area contributed by atoms with Crippen molar-refractivity contribution >= 4 is 82.9 Å².